The van der Waals surface area contributed by atoms with Gasteiger partial charge in [0.15, 0.2) is 5.78 Å². The minimum Gasteiger partial charge on any atom is -0.326 e. The van der Waals surface area contributed by atoms with Gasteiger partial charge in [-0.1, -0.05) is 11.6 Å². The van der Waals surface area contributed by atoms with Crippen LogP contribution in [0.25, 0.3) is 11.0 Å². The van der Waals surface area contributed by atoms with E-state index in [9.17, 15) is 18.0 Å². The van der Waals surface area contributed by atoms with Crippen molar-refractivity contribution in [3.8, 4) is 0 Å². The summed E-state index contributed by atoms with van der Waals surface area (Å²) in [4.78, 5) is 23.8. The van der Waals surface area contributed by atoms with Crippen molar-refractivity contribution in [3.05, 3.63) is 48.0 Å². The number of anilines is 1. The van der Waals surface area contributed by atoms with E-state index in [1.54, 1.807) is 47.1 Å². The van der Waals surface area contributed by atoms with Crippen LogP contribution in [0.5, 0.6) is 0 Å². The lowest BCUT2D eigenvalue weighted by molar-refractivity contribution is -0.116. The van der Waals surface area contributed by atoms with Crippen LogP contribution in [0.4, 0.5) is 5.69 Å². The minimum atomic E-state index is -3.54. The largest absolute Gasteiger partial charge is 0.326 e. The molecule has 1 aromatic heterocycles. The summed E-state index contributed by atoms with van der Waals surface area (Å²) in [7, 11) is -3.54. The van der Waals surface area contributed by atoms with E-state index in [2.05, 4.69) is 15.6 Å². The zero-order valence-corrected chi connectivity index (χ0v) is 18.6. The molecule has 1 aliphatic heterocycles. The van der Waals surface area contributed by atoms with Crippen LogP contribution >= 0.6 is 0 Å². The molecule has 0 atom stereocenters. The topological polar surface area (TPSA) is 114 Å². The van der Waals surface area contributed by atoms with Gasteiger partial charge in [0.1, 0.15) is 5.52 Å². The summed E-state index contributed by atoms with van der Waals surface area (Å²) in [6.45, 7) is 2.87. The quantitative estimate of drug-likeness (QED) is 0.548. The maximum absolute atomic E-state index is 12.9. The van der Waals surface area contributed by atoms with E-state index in [1.807, 2.05) is 0 Å². The number of benzene rings is 2. The molecule has 1 fully saturated rings. The van der Waals surface area contributed by atoms with Crippen molar-refractivity contribution in [3.63, 3.8) is 0 Å². The van der Waals surface area contributed by atoms with Gasteiger partial charge in [0.05, 0.1) is 17.0 Å². The summed E-state index contributed by atoms with van der Waals surface area (Å²) in [6, 6.07) is 11.5. The molecule has 10 heteroatoms. The fourth-order valence-electron chi connectivity index (χ4n) is 3.75. The number of nitrogens with zero attached hydrogens (tertiary/aromatic N) is 4. The van der Waals surface area contributed by atoms with E-state index >= 15 is 0 Å². The maximum atomic E-state index is 12.9. The van der Waals surface area contributed by atoms with Gasteiger partial charge < -0.3 is 5.32 Å². The molecule has 32 heavy (non-hydrogen) atoms. The van der Waals surface area contributed by atoms with Crippen molar-refractivity contribution in [2.75, 3.05) is 18.4 Å². The molecule has 0 spiro atoms. The monoisotopic (exact) mass is 455 g/mol. The van der Waals surface area contributed by atoms with Crippen molar-refractivity contribution >= 4 is 38.4 Å². The van der Waals surface area contributed by atoms with Crippen LogP contribution in [0, 0.1) is 0 Å². The lowest BCUT2D eigenvalue weighted by atomic mass is 10.1. The summed E-state index contributed by atoms with van der Waals surface area (Å²) in [5, 5.41) is 11.0. The Bertz CT molecular complexity index is 1250. The maximum Gasteiger partial charge on any atom is 0.243 e. The van der Waals surface area contributed by atoms with Gasteiger partial charge in [0.25, 0.3) is 0 Å². The highest BCUT2D eigenvalue weighted by Crippen LogP contribution is 2.23. The highest BCUT2D eigenvalue weighted by molar-refractivity contribution is 7.89. The van der Waals surface area contributed by atoms with E-state index in [-0.39, 0.29) is 23.0 Å². The Morgan fingerprint density at radius 2 is 1.75 bits per heavy atom. The third-order valence-corrected chi connectivity index (χ3v) is 7.46. The number of hydrogen-bond donors (Lipinski definition) is 1. The van der Waals surface area contributed by atoms with Crippen LogP contribution in [-0.2, 0) is 21.4 Å². The van der Waals surface area contributed by atoms with Gasteiger partial charge in [-0.05, 0) is 62.2 Å². The van der Waals surface area contributed by atoms with Crippen LogP contribution in [0.3, 0.4) is 0 Å². The Hall–Kier alpha value is -3.11. The molecule has 0 unspecified atom stereocenters. The number of nitrogens with one attached hydrogen (secondary N) is 1. The number of hydrogen-bond acceptors (Lipinski definition) is 6. The Morgan fingerprint density at radius 3 is 2.44 bits per heavy atom. The number of piperidine rings is 1. The van der Waals surface area contributed by atoms with Crippen molar-refractivity contribution in [1.82, 2.24) is 19.3 Å². The number of amides is 1. The van der Waals surface area contributed by atoms with Crippen LogP contribution in [0.15, 0.2) is 47.4 Å². The average Bonchev–Trinajstić information content (AvgIpc) is 3.21. The first kappa shape index (κ1) is 22.1. The van der Waals surface area contributed by atoms with Gasteiger partial charge in [-0.3, -0.25) is 9.59 Å². The minimum absolute atomic E-state index is 0.0344. The second kappa shape index (κ2) is 9.17. The lowest BCUT2D eigenvalue weighted by Crippen LogP contribution is -2.35. The van der Waals surface area contributed by atoms with Crippen LogP contribution < -0.4 is 5.32 Å². The van der Waals surface area contributed by atoms with Gasteiger partial charge in [-0.25, -0.2) is 13.1 Å². The molecule has 1 amide bonds. The molecule has 1 aliphatic rings. The van der Waals surface area contributed by atoms with E-state index in [0.29, 0.717) is 41.9 Å². The smallest absolute Gasteiger partial charge is 0.243 e. The third kappa shape index (κ3) is 4.71. The van der Waals surface area contributed by atoms with E-state index in [1.165, 1.54) is 11.2 Å². The SMILES string of the molecule is CC(=O)c1ccc(NC(=O)CCn2nnc3cc(S(=O)(=O)N4CCCCC4)ccc32)cc1. The molecular weight excluding hydrogens is 430 g/mol. The Morgan fingerprint density at radius 1 is 1.03 bits per heavy atom. The van der Waals surface area contributed by atoms with Crippen LogP contribution in [-0.4, -0.2) is 52.5 Å². The average molecular weight is 456 g/mol. The number of aromatic nitrogens is 3. The van der Waals surface area contributed by atoms with E-state index < -0.39 is 10.0 Å². The highest BCUT2D eigenvalue weighted by atomic mass is 32.2. The zero-order valence-electron chi connectivity index (χ0n) is 17.8. The number of sulfonamides is 1. The number of Topliss-reactive ketones (excluding diaryl/α,β-unsaturated/α-hetero) is 1. The Balaban J connectivity index is 1.41. The predicted molar refractivity (Wildman–Crippen MR) is 120 cm³/mol. The number of rotatable bonds is 7. The van der Waals surface area contributed by atoms with Gasteiger partial charge in [-0.2, -0.15) is 4.31 Å². The summed E-state index contributed by atoms with van der Waals surface area (Å²) < 4.78 is 28.9. The van der Waals surface area contributed by atoms with Crippen molar-refractivity contribution < 1.29 is 18.0 Å². The Kier molecular flexibility index (Phi) is 6.33. The molecule has 0 bridgehead atoms. The molecule has 1 N–H and O–H groups in total. The predicted octanol–water partition coefficient (Wildman–Crippen LogP) is 2.84. The van der Waals surface area contributed by atoms with Crippen molar-refractivity contribution in [2.45, 2.75) is 44.0 Å². The molecule has 168 valence electrons. The first-order valence-electron chi connectivity index (χ1n) is 10.6. The van der Waals surface area contributed by atoms with Crippen molar-refractivity contribution in [1.29, 1.82) is 0 Å². The molecule has 2 aromatic carbocycles. The number of ketones is 1. The highest BCUT2D eigenvalue weighted by Gasteiger charge is 2.26. The van der Waals surface area contributed by atoms with Gasteiger partial charge in [-0.15, -0.1) is 5.10 Å². The molecule has 9 nitrogen and oxygen atoms in total. The molecule has 4 rings (SSSR count). The summed E-state index contributed by atoms with van der Waals surface area (Å²) >= 11 is 0. The lowest BCUT2D eigenvalue weighted by Gasteiger charge is -2.25. The van der Waals surface area contributed by atoms with Gasteiger partial charge >= 0.3 is 0 Å². The molecular formula is C22H25N5O4S. The first-order chi connectivity index (χ1) is 15.3. The number of carbonyl (C=O) groups is 2. The zero-order chi connectivity index (χ0) is 22.7. The standard InChI is InChI=1S/C22H25N5O4S/c1-16(28)17-5-7-18(8-6-17)23-22(29)11-14-27-21-10-9-19(15-20(21)24-25-27)32(30,31)26-12-3-2-4-13-26/h5-10,15H,2-4,11-14H2,1H3,(H,23,29). The van der Waals surface area contributed by atoms with Crippen LogP contribution in [0.1, 0.15) is 43.0 Å². The second-order valence-corrected chi connectivity index (χ2v) is 9.80. The Labute approximate surface area is 186 Å². The number of fused-ring (bicyclic) bond motifs is 1. The number of aryl methyl sites for hydroxylation is 1. The van der Waals surface area contributed by atoms with Crippen LogP contribution in [0.2, 0.25) is 0 Å². The van der Waals surface area contributed by atoms with Gasteiger partial charge in [0.2, 0.25) is 15.9 Å². The molecule has 0 aliphatic carbocycles. The van der Waals surface area contributed by atoms with Gasteiger partial charge in [0, 0.05) is 30.8 Å². The fraction of sp³-hybridized carbons (Fsp3) is 0.364. The molecule has 3 aromatic rings. The summed E-state index contributed by atoms with van der Waals surface area (Å²) in [5.74, 6) is -0.235. The van der Waals surface area contributed by atoms with E-state index in [4.69, 9.17) is 0 Å². The molecule has 0 saturated carbocycles. The third-order valence-electron chi connectivity index (χ3n) is 5.56. The van der Waals surface area contributed by atoms with E-state index in [0.717, 1.165) is 19.3 Å². The first-order valence-corrected chi connectivity index (χ1v) is 12.0. The molecule has 1 saturated heterocycles. The second-order valence-electron chi connectivity index (χ2n) is 7.86. The summed E-state index contributed by atoms with van der Waals surface area (Å²) in [6.07, 6.45) is 2.97. The fourth-order valence-corrected chi connectivity index (χ4v) is 5.29. The van der Waals surface area contributed by atoms with Crippen molar-refractivity contribution in [2.24, 2.45) is 0 Å². The summed E-state index contributed by atoms with van der Waals surface area (Å²) in [5.41, 5.74) is 2.33. The molecule has 0 radical (unpaired) electrons. The normalized spacial score (nSPS) is 15.0. The molecule has 2 heterocycles. The number of carbonyl (C=O) groups excluding carboxylic acids is 2.